The average molecular weight is 799 g/mol. The Kier molecular flexibility index (Phi) is 12.1. The van der Waals surface area contributed by atoms with Gasteiger partial charge in [-0.1, -0.05) is 111 Å². The van der Waals surface area contributed by atoms with Gasteiger partial charge in [-0.05, 0) is 153 Å². The molecule has 8 rings (SSSR count). The molecular formula is C56H54N4O. The maximum atomic E-state index is 6.65. The number of hydrogen-bond acceptors (Lipinski definition) is 5. The van der Waals surface area contributed by atoms with E-state index in [2.05, 4.69) is 170 Å². The lowest BCUT2D eigenvalue weighted by Gasteiger charge is -2.34. The van der Waals surface area contributed by atoms with Gasteiger partial charge in [-0.15, -0.1) is 0 Å². The quantitative estimate of drug-likeness (QED) is 0.0880. The molecule has 0 aromatic heterocycles. The summed E-state index contributed by atoms with van der Waals surface area (Å²) in [6.07, 6.45) is 24.4. The Morgan fingerprint density at radius 3 is 2.33 bits per heavy atom. The summed E-state index contributed by atoms with van der Waals surface area (Å²) in [5, 5.41) is 0. The van der Waals surface area contributed by atoms with Crippen molar-refractivity contribution in [2.75, 3.05) is 9.80 Å². The molecule has 2 heterocycles. The zero-order chi connectivity index (χ0) is 42.5. The third kappa shape index (κ3) is 7.80. The zero-order valence-corrected chi connectivity index (χ0v) is 35.8. The molecule has 0 spiro atoms. The van der Waals surface area contributed by atoms with E-state index in [0.717, 1.165) is 87.2 Å². The van der Waals surface area contributed by atoms with Crippen molar-refractivity contribution in [1.29, 1.82) is 0 Å². The molecular weight excluding hydrogens is 745 g/mol. The number of fused-ring (bicyclic) bond motifs is 5. The summed E-state index contributed by atoms with van der Waals surface area (Å²) in [5.74, 6) is 2.44. The van der Waals surface area contributed by atoms with E-state index in [1.54, 1.807) is 6.08 Å². The second-order valence-electron chi connectivity index (χ2n) is 15.6. The minimum absolute atomic E-state index is 0.302. The van der Waals surface area contributed by atoms with E-state index in [0.29, 0.717) is 18.4 Å². The standard InChI is InChI=1S/C56H54N4O/c1-8-20-48(57-7)46(12-5)56(40(9-2)10-3)58-37-39-27-31-45(32-28-39)60-51-34-29-42-21-16-17-24-47(42)55(51)38(6)52(60)35-41(11-4)43-30-33-50-54(36-43)61-53-26-19-18-25-49(53)59(50)44-22-14-13-15-23-44/h8-10,12-16,18-23,25-36,47,55H,2,5,7,11,17,24,37H2,1,3-4,6H3/b20-8-,40-10+,41-35+,48-46-,58-56?. The molecule has 61 heavy (non-hydrogen) atoms. The molecule has 5 heteroatoms. The van der Waals surface area contributed by atoms with Crippen LogP contribution < -0.4 is 14.5 Å². The monoisotopic (exact) mass is 798 g/mol. The number of ether oxygens (including phenoxy) is 1. The highest BCUT2D eigenvalue weighted by molar-refractivity contribution is 6.16. The molecule has 4 aliphatic rings. The normalized spacial score (nSPS) is 19.0. The van der Waals surface area contributed by atoms with Gasteiger partial charge in [0.25, 0.3) is 0 Å². The van der Waals surface area contributed by atoms with Crippen molar-refractivity contribution >= 4 is 40.8 Å². The van der Waals surface area contributed by atoms with Crippen LogP contribution in [0.15, 0.2) is 220 Å². The third-order valence-corrected chi connectivity index (χ3v) is 12.2. The molecule has 0 saturated heterocycles. The first-order chi connectivity index (χ1) is 29.9. The van der Waals surface area contributed by atoms with Gasteiger partial charge in [0.05, 0.1) is 29.3 Å². The first-order valence-electron chi connectivity index (χ1n) is 21.4. The zero-order valence-electron chi connectivity index (χ0n) is 35.8. The summed E-state index contributed by atoms with van der Waals surface area (Å²) in [6, 6.07) is 34.4. The van der Waals surface area contributed by atoms with E-state index >= 15 is 0 Å². The van der Waals surface area contributed by atoms with Gasteiger partial charge in [0.15, 0.2) is 11.5 Å². The van der Waals surface area contributed by atoms with Crippen LogP contribution in [0.3, 0.4) is 0 Å². The van der Waals surface area contributed by atoms with Gasteiger partial charge in [0, 0.05) is 34.3 Å². The number of anilines is 4. The molecule has 0 amide bonds. The minimum atomic E-state index is 0.302. The van der Waals surface area contributed by atoms with Gasteiger partial charge >= 0.3 is 0 Å². The summed E-state index contributed by atoms with van der Waals surface area (Å²) >= 11 is 0. The Hall–Kier alpha value is -6.98. The number of benzene rings is 4. The third-order valence-electron chi connectivity index (χ3n) is 12.2. The van der Waals surface area contributed by atoms with Crippen molar-refractivity contribution in [1.82, 2.24) is 0 Å². The Morgan fingerprint density at radius 2 is 1.61 bits per heavy atom. The molecule has 2 aliphatic carbocycles. The molecule has 5 nitrogen and oxygen atoms in total. The van der Waals surface area contributed by atoms with Crippen molar-refractivity contribution in [3.63, 3.8) is 0 Å². The SMILES string of the molecule is C=C/C(C(=NCc1ccc(N2C3=CC=C4C=CCCC4C3C(C)=C2/C=C(\CC)c2ccc3c(c2)Oc2ccccc2N3c2ccccc2)cc1)/C(C=C)=C/C)=C(\C=C/C)N=C. The van der Waals surface area contributed by atoms with E-state index < -0.39 is 0 Å². The molecule has 0 N–H and O–H groups in total. The number of nitrogens with zero attached hydrogens (tertiary/aromatic N) is 4. The van der Waals surface area contributed by atoms with Crippen LogP contribution in [0.2, 0.25) is 0 Å². The topological polar surface area (TPSA) is 40.4 Å². The molecule has 2 aliphatic heterocycles. The second kappa shape index (κ2) is 18.1. The summed E-state index contributed by atoms with van der Waals surface area (Å²) < 4.78 is 6.65. The van der Waals surface area contributed by atoms with Gasteiger partial charge in [-0.25, -0.2) is 0 Å². The van der Waals surface area contributed by atoms with Crippen LogP contribution in [0.25, 0.3) is 5.57 Å². The van der Waals surface area contributed by atoms with Gasteiger partial charge < -0.3 is 14.5 Å². The van der Waals surface area contributed by atoms with Crippen LogP contribution in [-0.4, -0.2) is 12.4 Å². The fraction of sp³-hybridized carbons (Fsp3) is 0.179. The van der Waals surface area contributed by atoms with Crippen molar-refractivity contribution in [3.8, 4) is 11.5 Å². The predicted octanol–water partition coefficient (Wildman–Crippen LogP) is 15.0. The maximum absolute atomic E-state index is 6.65. The van der Waals surface area contributed by atoms with Crippen molar-refractivity contribution < 1.29 is 4.74 Å². The van der Waals surface area contributed by atoms with E-state index in [4.69, 9.17) is 9.73 Å². The molecule has 0 radical (unpaired) electrons. The van der Waals surface area contributed by atoms with Crippen molar-refractivity contribution in [2.45, 2.75) is 53.5 Å². The summed E-state index contributed by atoms with van der Waals surface area (Å²) in [4.78, 5) is 14.2. The number of para-hydroxylation sites is 3. The smallest absolute Gasteiger partial charge is 0.152 e. The first kappa shape index (κ1) is 40.8. The van der Waals surface area contributed by atoms with Crippen molar-refractivity contribution in [3.05, 3.63) is 221 Å². The first-order valence-corrected chi connectivity index (χ1v) is 21.4. The highest BCUT2D eigenvalue weighted by Gasteiger charge is 2.41. The average Bonchev–Trinajstić information content (AvgIpc) is 3.59. The Morgan fingerprint density at radius 1 is 0.852 bits per heavy atom. The highest BCUT2D eigenvalue weighted by Crippen LogP contribution is 2.53. The minimum Gasteiger partial charge on any atom is -0.453 e. The van der Waals surface area contributed by atoms with Gasteiger partial charge in [0.2, 0.25) is 0 Å². The molecule has 4 aromatic rings. The molecule has 0 saturated carbocycles. The molecule has 0 bridgehead atoms. The lowest BCUT2D eigenvalue weighted by Crippen LogP contribution is -2.26. The fourth-order valence-corrected chi connectivity index (χ4v) is 9.17. The molecule has 304 valence electrons. The van der Waals surface area contributed by atoms with Crippen LogP contribution in [0, 0.1) is 11.8 Å². The van der Waals surface area contributed by atoms with Crippen LogP contribution in [0.1, 0.15) is 58.1 Å². The van der Waals surface area contributed by atoms with Crippen LogP contribution >= 0.6 is 0 Å². The Balaban J connectivity index is 1.18. The van der Waals surface area contributed by atoms with Crippen LogP contribution in [-0.2, 0) is 6.54 Å². The lowest BCUT2D eigenvalue weighted by molar-refractivity contribution is 0.455. The predicted molar refractivity (Wildman–Crippen MR) is 259 cm³/mol. The van der Waals surface area contributed by atoms with E-state index in [9.17, 15) is 0 Å². The van der Waals surface area contributed by atoms with E-state index in [1.807, 2.05) is 44.2 Å². The molecule has 2 atom stereocenters. The highest BCUT2D eigenvalue weighted by atomic mass is 16.5. The lowest BCUT2D eigenvalue weighted by atomic mass is 9.73. The summed E-state index contributed by atoms with van der Waals surface area (Å²) in [6.45, 7) is 21.0. The Bertz CT molecular complexity index is 2660. The number of rotatable bonds is 13. The maximum Gasteiger partial charge on any atom is 0.152 e. The number of hydrogen-bond donors (Lipinski definition) is 0. The van der Waals surface area contributed by atoms with E-state index in [1.165, 1.54) is 28.1 Å². The number of aliphatic imine (C=N–C) groups is 2. The van der Waals surface area contributed by atoms with E-state index in [-0.39, 0.29) is 0 Å². The van der Waals surface area contributed by atoms with Crippen LogP contribution in [0.4, 0.5) is 22.7 Å². The second-order valence-corrected chi connectivity index (χ2v) is 15.6. The van der Waals surface area contributed by atoms with Crippen molar-refractivity contribution in [2.24, 2.45) is 21.8 Å². The summed E-state index contributed by atoms with van der Waals surface area (Å²) in [7, 11) is 0. The van der Waals surface area contributed by atoms with Gasteiger partial charge in [-0.2, -0.15) is 0 Å². The fourth-order valence-electron chi connectivity index (χ4n) is 9.17. The molecule has 4 aromatic carbocycles. The Labute approximate surface area is 362 Å². The summed E-state index contributed by atoms with van der Waals surface area (Å²) in [5.41, 5.74) is 16.4. The largest absolute Gasteiger partial charge is 0.453 e. The molecule has 2 unspecified atom stereocenters. The van der Waals surface area contributed by atoms with Crippen LogP contribution in [0.5, 0.6) is 11.5 Å². The molecule has 0 fully saturated rings. The van der Waals surface area contributed by atoms with Gasteiger partial charge in [-0.3, -0.25) is 9.98 Å². The van der Waals surface area contributed by atoms with Gasteiger partial charge in [0.1, 0.15) is 0 Å². The number of allylic oxidation sites excluding steroid dienone is 15.